The van der Waals surface area contributed by atoms with Gasteiger partial charge in [0.25, 0.3) is 0 Å². The molecular weight excluding hydrogens is 166 g/mol. The van der Waals surface area contributed by atoms with Crippen LogP contribution in [0.3, 0.4) is 0 Å². The van der Waals surface area contributed by atoms with Gasteiger partial charge >= 0.3 is 0 Å². The van der Waals surface area contributed by atoms with E-state index in [2.05, 4.69) is 15.5 Å². The van der Waals surface area contributed by atoms with Crippen LogP contribution >= 0.6 is 0 Å². The lowest BCUT2D eigenvalue weighted by Gasteiger charge is -2.19. The third-order valence-electron chi connectivity index (χ3n) is 2.42. The first-order valence-corrected chi connectivity index (χ1v) is 4.82. The van der Waals surface area contributed by atoms with Crippen molar-refractivity contribution < 1.29 is 4.79 Å². The molecular formula is C9H19N3O. The molecule has 0 aromatic rings. The van der Waals surface area contributed by atoms with E-state index in [0.29, 0.717) is 6.54 Å². The van der Waals surface area contributed by atoms with Crippen molar-refractivity contribution in [3.63, 3.8) is 0 Å². The molecule has 0 aromatic carbocycles. The van der Waals surface area contributed by atoms with E-state index in [1.165, 1.54) is 6.42 Å². The Labute approximate surface area is 79.7 Å². The molecule has 4 nitrogen and oxygen atoms in total. The summed E-state index contributed by atoms with van der Waals surface area (Å²) in [6.07, 6.45) is 1.23. The Bertz CT molecular complexity index is 166. The molecule has 4 heteroatoms. The van der Waals surface area contributed by atoms with Crippen LogP contribution in [0.5, 0.6) is 0 Å². The van der Waals surface area contributed by atoms with E-state index in [4.69, 9.17) is 0 Å². The molecule has 13 heavy (non-hydrogen) atoms. The molecule has 1 amide bonds. The molecule has 1 unspecified atom stereocenters. The lowest BCUT2D eigenvalue weighted by atomic mass is 10.1. The Hall–Kier alpha value is -0.610. The average Bonchev–Trinajstić information content (AvgIpc) is 2.56. The Morgan fingerprint density at radius 1 is 1.69 bits per heavy atom. The fraction of sp³-hybridized carbons (Fsp3) is 0.889. The summed E-state index contributed by atoms with van der Waals surface area (Å²) in [6.45, 7) is 3.74. The number of carbonyl (C=O) groups is 1. The van der Waals surface area contributed by atoms with Gasteiger partial charge in [-0.2, -0.15) is 0 Å². The van der Waals surface area contributed by atoms with E-state index >= 15 is 0 Å². The van der Waals surface area contributed by atoms with Crippen molar-refractivity contribution in [2.45, 2.75) is 6.42 Å². The zero-order chi connectivity index (χ0) is 9.68. The molecule has 0 saturated carbocycles. The standard InChI is InChI=1S/C9H19N3O/c1-10-9(13)7-12(2)6-8-3-4-11-5-8/h8,11H,3-7H2,1-2H3,(H,10,13). The summed E-state index contributed by atoms with van der Waals surface area (Å²) in [4.78, 5) is 13.1. The van der Waals surface area contributed by atoms with Crippen molar-refractivity contribution >= 4 is 5.91 Å². The highest BCUT2D eigenvalue weighted by atomic mass is 16.1. The highest BCUT2D eigenvalue weighted by Crippen LogP contribution is 2.08. The van der Waals surface area contributed by atoms with Crippen LogP contribution in [0, 0.1) is 5.92 Å². The number of hydrogen-bond acceptors (Lipinski definition) is 3. The fourth-order valence-electron chi connectivity index (χ4n) is 1.70. The van der Waals surface area contributed by atoms with Crippen LogP contribution in [0.25, 0.3) is 0 Å². The van der Waals surface area contributed by atoms with Crippen LogP contribution < -0.4 is 10.6 Å². The van der Waals surface area contributed by atoms with Crippen molar-refractivity contribution in [1.82, 2.24) is 15.5 Å². The number of nitrogens with zero attached hydrogens (tertiary/aromatic N) is 1. The molecule has 0 aliphatic carbocycles. The first kappa shape index (κ1) is 10.5. The maximum absolute atomic E-state index is 11.0. The van der Waals surface area contributed by atoms with Crippen LogP contribution in [-0.4, -0.2) is 51.1 Å². The number of carbonyl (C=O) groups excluding carboxylic acids is 1. The quantitative estimate of drug-likeness (QED) is 0.607. The molecule has 0 bridgehead atoms. The lowest BCUT2D eigenvalue weighted by Crippen LogP contribution is -2.36. The van der Waals surface area contributed by atoms with Gasteiger partial charge in [-0.3, -0.25) is 9.69 Å². The summed E-state index contributed by atoms with van der Waals surface area (Å²) in [5.74, 6) is 0.808. The predicted octanol–water partition coefficient (Wildman–Crippen LogP) is -0.726. The minimum Gasteiger partial charge on any atom is -0.358 e. The van der Waals surface area contributed by atoms with Crippen molar-refractivity contribution in [3.8, 4) is 0 Å². The van der Waals surface area contributed by atoms with Gasteiger partial charge in [0, 0.05) is 13.6 Å². The molecule has 1 heterocycles. The number of amides is 1. The highest BCUT2D eigenvalue weighted by molar-refractivity contribution is 5.77. The van der Waals surface area contributed by atoms with Crippen LogP contribution in [-0.2, 0) is 4.79 Å². The Kier molecular flexibility index (Phi) is 4.18. The summed E-state index contributed by atoms with van der Waals surface area (Å²) in [5.41, 5.74) is 0. The molecule has 0 spiro atoms. The number of hydrogen-bond donors (Lipinski definition) is 2. The van der Waals surface area contributed by atoms with Gasteiger partial charge in [-0.05, 0) is 32.5 Å². The van der Waals surface area contributed by atoms with E-state index in [9.17, 15) is 4.79 Å². The second-order valence-corrected chi connectivity index (χ2v) is 3.73. The molecule has 1 fully saturated rings. The van der Waals surface area contributed by atoms with Gasteiger partial charge in [-0.15, -0.1) is 0 Å². The van der Waals surface area contributed by atoms with Gasteiger partial charge in [0.1, 0.15) is 0 Å². The van der Waals surface area contributed by atoms with Crippen molar-refractivity contribution in [1.29, 1.82) is 0 Å². The molecule has 2 N–H and O–H groups in total. The third-order valence-corrected chi connectivity index (χ3v) is 2.42. The molecule has 1 aliphatic heterocycles. The van der Waals surface area contributed by atoms with Gasteiger partial charge in [0.15, 0.2) is 0 Å². The molecule has 1 rings (SSSR count). The predicted molar refractivity (Wildman–Crippen MR) is 52.5 cm³/mol. The maximum atomic E-state index is 11.0. The molecule has 0 radical (unpaired) electrons. The van der Waals surface area contributed by atoms with Gasteiger partial charge in [0.05, 0.1) is 6.54 Å². The van der Waals surface area contributed by atoms with E-state index in [1.807, 2.05) is 7.05 Å². The maximum Gasteiger partial charge on any atom is 0.233 e. The normalized spacial score (nSPS) is 22.2. The van der Waals surface area contributed by atoms with Gasteiger partial charge < -0.3 is 10.6 Å². The van der Waals surface area contributed by atoms with Crippen molar-refractivity contribution in [3.05, 3.63) is 0 Å². The Morgan fingerprint density at radius 3 is 3.00 bits per heavy atom. The summed E-state index contributed by atoms with van der Waals surface area (Å²) in [7, 11) is 3.67. The van der Waals surface area contributed by atoms with Gasteiger partial charge in [-0.25, -0.2) is 0 Å². The first-order chi connectivity index (χ1) is 6.22. The van der Waals surface area contributed by atoms with Gasteiger partial charge in [0.2, 0.25) is 5.91 Å². The second-order valence-electron chi connectivity index (χ2n) is 3.73. The minimum atomic E-state index is 0.0912. The summed E-state index contributed by atoms with van der Waals surface area (Å²) in [6, 6.07) is 0. The third kappa shape index (κ3) is 3.74. The van der Waals surface area contributed by atoms with E-state index < -0.39 is 0 Å². The number of rotatable bonds is 4. The fourth-order valence-corrected chi connectivity index (χ4v) is 1.70. The largest absolute Gasteiger partial charge is 0.358 e. The van der Waals surface area contributed by atoms with Crippen LogP contribution in [0.1, 0.15) is 6.42 Å². The summed E-state index contributed by atoms with van der Waals surface area (Å²) >= 11 is 0. The van der Waals surface area contributed by atoms with Crippen molar-refractivity contribution in [2.24, 2.45) is 5.92 Å². The minimum absolute atomic E-state index is 0.0912. The first-order valence-electron chi connectivity index (χ1n) is 4.82. The highest BCUT2D eigenvalue weighted by Gasteiger charge is 2.16. The van der Waals surface area contributed by atoms with E-state index in [1.54, 1.807) is 7.05 Å². The number of nitrogens with one attached hydrogen (secondary N) is 2. The zero-order valence-corrected chi connectivity index (χ0v) is 8.47. The Morgan fingerprint density at radius 2 is 2.46 bits per heavy atom. The van der Waals surface area contributed by atoms with Crippen LogP contribution in [0.2, 0.25) is 0 Å². The zero-order valence-electron chi connectivity index (χ0n) is 8.47. The lowest BCUT2D eigenvalue weighted by molar-refractivity contribution is -0.121. The van der Waals surface area contributed by atoms with Crippen LogP contribution in [0.15, 0.2) is 0 Å². The second kappa shape index (κ2) is 5.19. The van der Waals surface area contributed by atoms with E-state index in [-0.39, 0.29) is 5.91 Å². The molecule has 0 aromatic heterocycles. The monoisotopic (exact) mass is 185 g/mol. The molecule has 1 saturated heterocycles. The summed E-state index contributed by atoms with van der Waals surface area (Å²) in [5, 5.41) is 5.94. The molecule has 1 aliphatic rings. The number of likely N-dealkylation sites (N-methyl/N-ethyl adjacent to an activating group) is 2. The molecule has 76 valence electrons. The average molecular weight is 185 g/mol. The Balaban J connectivity index is 2.16. The summed E-state index contributed by atoms with van der Waals surface area (Å²) < 4.78 is 0. The topological polar surface area (TPSA) is 44.4 Å². The SMILES string of the molecule is CNC(=O)CN(C)CC1CCNC1. The molecule has 1 atom stereocenters. The van der Waals surface area contributed by atoms with Crippen molar-refractivity contribution in [2.75, 3.05) is 40.3 Å². The smallest absolute Gasteiger partial charge is 0.233 e. The van der Waals surface area contributed by atoms with E-state index in [0.717, 1.165) is 25.6 Å². The van der Waals surface area contributed by atoms with Gasteiger partial charge in [-0.1, -0.05) is 0 Å². The van der Waals surface area contributed by atoms with Crippen LogP contribution in [0.4, 0.5) is 0 Å².